The van der Waals surface area contributed by atoms with Gasteiger partial charge in [-0.15, -0.1) is 0 Å². The standard InChI is InChI=1S/C11H12F2OS2.CH5N/c1-11(2)10(14)9(15-16-11)7-4-3-6(12)5-8(7)13;1-2/h3-5,9-10,14H,1-2H3;2H2,1H3. The van der Waals surface area contributed by atoms with Gasteiger partial charge < -0.3 is 10.8 Å². The van der Waals surface area contributed by atoms with Crippen LogP contribution in [0.5, 0.6) is 0 Å². The van der Waals surface area contributed by atoms with Crippen LogP contribution in [0.1, 0.15) is 24.7 Å². The third-order valence-electron chi connectivity index (χ3n) is 2.63. The molecule has 1 fully saturated rings. The summed E-state index contributed by atoms with van der Waals surface area (Å²) in [7, 11) is 4.46. The summed E-state index contributed by atoms with van der Waals surface area (Å²) in [5.74, 6) is -1.18. The van der Waals surface area contributed by atoms with Crippen molar-refractivity contribution in [3.8, 4) is 0 Å². The summed E-state index contributed by atoms with van der Waals surface area (Å²) < 4.78 is 26.0. The topological polar surface area (TPSA) is 46.2 Å². The van der Waals surface area contributed by atoms with Crippen molar-refractivity contribution in [2.24, 2.45) is 5.73 Å². The first-order chi connectivity index (χ1) is 8.42. The predicted octanol–water partition coefficient (Wildman–Crippen LogP) is 3.12. The van der Waals surface area contributed by atoms with E-state index >= 15 is 0 Å². The van der Waals surface area contributed by atoms with E-state index in [0.29, 0.717) is 5.56 Å². The fourth-order valence-corrected chi connectivity index (χ4v) is 4.99. The SMILES string of the molecule is CC1(C)SSC(c2ccc(F)cc2F)C1O.CN. The Morgan fingerprint density at radius 1 is 1.28 bits per heavy atom. The molecule has 0 spiro atoms. The van der Waals surface area contributed by atoms with E-state index in [4.69, 9.17) is 0 Å². The molecule has 1 aliphatic rings. The van der Waals surface area contributed by atoms with E-state index < -0.39 is 17.7 Å². The Morgan fingerprint density at radius 2 is 1.89 bits per heavy atom. The van der Waals surface area contributed by atoms with E-state index in [2.05, 4.69) is 5.73 Å². The molecule has 0 aromatic heterocycles. The van der Waals surface area contributed by atoms with Gasteiger partial charge in [0.15, 0.2) is 0 Å². The Bertz CT molecular complexity index is 415. The lowest BCUT2D eigenvalue weighted by atomic mass is 9.97. The number of hydrogen-bond donors (Lipinski definition) is 2. The summed E-state index contributed by atoms with van der Waals surface area (Å²) in [6.07, 6.45) is -0.637. The zero-order chi connectivity index (χ0) is 13.9. The molecule has 0 bridgehead atoms. The second-order valence-corrected chi connectivity index (χ2v) is 7.31. The first kappa shape index (κ1) is 15.8. The maximum Gasteiger partial charge on any atom is 0.130 e. The summed E-state index contributed by atoms with van der Waals surface area (Å²) in [4.78, 5) is 0. The van der Waals surface area contributed by atoms with Crippen molar-refractivity contribution in [2.45, 2.75) is 29.9 Å². The van der Waals surface area contributed by atoms with Crippen LogP contribution in [0.3, 0.4) is 0 Å². The van der Waals surface area contributed by atoms with Gasteiger partial charge in [-0.25, -0.2) is 8.78 Å². The normalized spacial score (nSPS) is 25.5. The molecule has 18 heavy (non-hydrogen) atoms. The van der Waals surface area contributed by atoms with Gasteiger partial charge in [0.2, 0.25) is 0 Å². The lowest BCUT2D eigenvalue weighted by Crippen LogP contribution is -2.31. The largest absolute Gasteiger partial charge is 0.390 e. The number of halogens is 2. The highest BCUT2D eigenvalue weighted by atomic mass is 33.1. The summed E-state index contributed by atoms with van der Waals surface area (Å²) in [6, 6.07) is 3.49. The molecule has 0 radical (unpaired) electrons. The lowest BCUT2D eigenvalue weighted by molar-refractivity contribution is 0.142. The quantitative estimate of drug-likeness (QED) is 0.781. The van der Waals surface area contributed by atoms with Crippen molar-refractivity contribution >= 4 is 21.6 Å². The molecule has 2 rings (SSSR count). The maximum absolute atomic E-state index is 13.6. The van der Waals surface area contributed by atoms with Crippen molar-refractivity contribution in [3.63, 3.8) is 0 Å². The molecule has 1 heterocycles. The van der Waals surface area contributed by atoms with E-state index in [1.807, 2.05) is 13.8 Å². The van der Waals surface area contributed by atoms with E-state index in [0.717, 1.165) is 6.07 Å². The number of aliphatic hydroxyl groups excluding tert-OH is 1. The molecule has 3 N–H and O–H groups in total. The number of benzene rings is 1. The van der Waals surface area contributed by atoms with Gasteiger partial charge in [-0.2, -0.15) is 0 Å². The minimum atomic E-state index is -0.637. The molecule has 2 atom stereocenters. The van der Waals surface area contributed by atoms with Gasteiger partial charge >= 0.3 is 0 Å². The molecular weight excluding hydrogens is 276 g/mol. The van der Waals surface area contributed by atoms with Gasteiger partial charge in [-0.1, -0.05) is 27.7 Å². The third kappa shape index (κ3) is 3.17. The highest BCUT2D eigenvalue weighted by molar-refractivity contribution is 8.77. The molecule has 0 aliphatic carbocycles. The van der Waals surface area contributed by atoms with E-state index in [1.165, 1.54) is 40.8 Å². The number of rotatable bonds is 1. The van der Waals surface area contributed by atoms with Crippen LogP contribution in [-0.2, 0) is 0 Å². The molecule has 1 aliphatic heterocycles. The average molecular weight is 293 g/mol. The Morgan fingerprint density at radius 3 is 2.33 bits per heavy atom. The van der Waals surface area contributed by atoms with E-state index in [1.54, 1.807) is 0 Å². The Hall–Kier alpha value is -0.300. The molecule has 1 aromatic carbocycles. The number of hydrogen-bond acceptors (Lipinski definition) is 4. The smallest absolute Gasteiger partial charge is 0.130 e. The second kappa shape index (κ2) is 6.23. The fourth-order valence-electron chi connectivity index (χ4n) is 1.60. The van der Waals surface area contributed by atoms with Crippen LogP contribution >= 0.6 is 21.6 Å². The molecule has 1 saturated heterocycles. The van der Waals surface area contributed by atoms with Crippen LogP contribution in [0.15, 0.2) is 18.2 Å². The highest BCUT2D eigenvalue weighted by Gasteiger charge is 2.44. The van der Waals surface area contributed by atoms with Crippen LogP contribution < -0.4 is 5.73 Å². The van der Waals surface area contributed by atoms with Gasteiger partial charge in [0, 0.05) is 16.4 Å². The average Bonchev–Trinajstić information content (AvgIpc) is 2.58. The molecular formula is C12H17F2NOS2. The lowest BCUT2D eigenvalue weighted by Gasteiger charge is -2.23. The Kier molecular flexibility index (Phi) is 5.46. The van der Waals surface area contributed by atoms with E-state index in [9.17, 15) is 13.9 Å². The third-order valence-corrected chi connectivity index (χ3v) is 6.32. The van der Waals surface area contributed by atoms with E-state index in [-0.39, 0.29) is 10.00 Å². The molecule has 2 nitrogen and oxygen atoms in total. The molecule has 0 saturated carbocycles. The van der Waals surface area contributed by atoms with Crippen LogP contribution in [0.25, 0.3) is 0 Å². The Balaban J connectivity index is 0.000000771. The first-order valence-electron chi connectivity index (χ1n) is 5.47. The fraction of sp³-hybridized carbons (Fsp3) is 0.500. The summed E-state index contributed by atoms with van der Waals surface area (Å²) in [5, 5.41) is 9.73. The van der Waals surface area contributed by atoms with Gasteiger partial charge in [0.25, 0.3) is 0 Å². The maximum atomic E-state index is 13.6. The van der Waals surface area contributed by atoms with Crippen molar-refractivity contribution < 1.29 is 13.9 Å². The van der Waals surface area contributed by atoms with Crippen LogP contribution in [0.2, 0.25) is 0 Å². The zero-order valence-corrected chi connectivity index (χ0v) is 12.1. The minimum absolute atomic E-state index is 0.309. The predicted molar refractivity (Wildman–Crippen MR) is 74.5 cm³/mol. The molecule has 6 heteroatoms. The van der Waals surface area contributed by atoms with Crippen molar-refractivity contribution in [1.82, 2.24) is 0 Å². The molecule has 2 unspecified atom stereocenters. The Labute approximate surface area is 114 Å². The molecule has 102 valence electrons. The van der Waals surface area contributed by atoms with Gasteiger partial charge in [-0.05, 0) is 27.0 Å². The van der Waals surface area contributed by atoms with Crippen LogP contribution in [0, 0.1) is 11.6 Å². The summed E-state index contributed by atoms with van der Waals surface area (Å²) in [5.41, 5.74) is 4.87. The molecule has 0 amide bonds. The van der Waals surface area contributed by atoms with Gasteiger partial charge in [-0.3, -0.25) is 0 Å². The monoisotopic (exact) mass is 293 g/mol. The zero-order valence-electron chi connectivity index (χ0n) is 10.5. The number of nitrogens with two attached hydrogens (primary N) is 1. The van der Waals surface area contributed by atoms with Gasteiger partial charge in [0.1, 0.15) is 11.6 Å². The first-order valence-corrected chi connectivity index (χ1v) is 7.68. The molecule has 1 aromatic rings. The number of aliphatic hydroxyl groups is 1. The highest BCUT2D eigenvalue weighted by Crippen LogP contribution is 2.58. The second-order valence-electron chi connectivity index (χ2n) is 4.31. The summed E-state index contributed by atoms with van der Waals surface area (Å²) >= 11 is 0. The van der Waals surface area contributed by atoms with Crippen LogP contribution in [0.4, 0.5) is 8.78 Å². The van der Waals surface area contributed by atoms with Crippen molar-refractivity contribution in [1.29, 1.82) is 0 Å². The van der Waals surface area contributed by atoms with Crippen LogP contribution in [-0.4, -0.2) is 23.0 Å². The van der Waals surface area contributed by atoms with Crippen molar-refractivity contribution in [3.05, 3.63) is 35.4 Å². The minimum Gasteiger partial charge on any atom is -0.390 e. The summed E-state index contributed by atoms with van der Waals surface area (Å²) in [6.45, 7) is 3.83. The van der Waals surface area contributed by atoms with Gasteiger partial charge in [0.05, 0.1) is 11.4 Å². The van der Waals surface area contributed by atoms with Crippen molar-refractivity contribution in [2.75, 3.05) is 7.05 Å².